The van der Waals surface area contributed by atoms with Crippen LogP contribution >= 0.6 is 22.6 Å². The molecule has 0 aromatic heterocycles. The Kier molecular flexibility index (Phi) is 4.22. The first-order chi connectivity index (χ1) is 8.56. The lowest BCUT2D eigenvalue weighted by atomic mass is 10.1. The molecule has 0 amide bonds. The Morgan fingerprint density at radius 2 is 1.78 bits per heavy atom. The lowest BCUT2D eigenvalue weighted by Crippen LogP contribution is -2.07. The molecule has 2 aromatic rings. The molecular weight excluding hydrogens is 340 g/mol. The van der Waals surface area contributed by atoms with Crippen molar-refractivity contribution in [2.45, 2.75) is 19.9 Å². The fourth-order valence-electron chi connectivity index (χ4n) is 1.86. The molecule has 0 saturated carbocycles. The van der Waals surface area contributed by atoms with Gasteiger partial charge in [-0.2, -0.15) is 0 Å². The van der Waals surface area contributed by atoms with Gasteiger partial charge in [-0.1, -0.05) is 12.1 Å². The molecule has 3 heteroatoms. The Bertz CT molecular complexity index is 537. The highest BCUT2D eigenvalue weighted by Gasteiger charge is 2.07. The van der Waals surface area contributed by atoms with E-state index in [-0.39, 0.29) is 11.9 Å². The summed E-state index contributed by atoms with van der Waals surface area (Å²) < 4.78 is 14.2. The summed E-state index contributed by atoms with van der Waals surface area (Å²) in [6, 6.07) is 13.4. The molecule has 1 N–H and O–H groups in total. The zero-order valence-electron chi connectivity index (χ0n) is 10.4. The van der Waals surface area contributed by atoms with Gasteiger partial charge in [0.2, 0.25) is 0 Å². The largest absolute Gasteiger partial charge is 0.378 e. The highest BCUT2D eigenvalue weighted by molar-refractivity contribution is 14.1. The van der Waals surface area contributed by atoms with E-state index in [2.05, 4.69) is 59.1 Å². The van der Waals surface area contributed by atoms with Crippen molar-refractivity contribution >= 4 is 28.3 Å². The van der Waals surface area contributed by atoms with Crippen LogP contribution in [-0.2, 0) is 0 Å². The van der Waals surface area contributed by atoms with Crippen molar-refractivity contribution in [1.29, 1.82) is 0 Å². The lowest BCUT2D eigenvalue weighted by molar-refractivity contribution is 0.626. The molecule has 0 heterocycles. The number of rotatable bonds is 3. The number of nitrogens with one attached hydrogen (secondary N) is 1. The van der Waals surface area contributed by atoms with Gasteiger partial charge in [0, 0.05) is 15.3 Å². The van der Waals surface area contributed by atoms with Gasteiger partial charge in [0.1, 0.15) is 5.82 Å². The molecule has 0 saturated heterocycles. The van der Waals surface area contributed by atoms with Crippen LogP contribution in [0.3, 0.4) is 0 Å². The maximum atomic E-state index is 13.0. The van der Waals surface area contributed by atoms with Gasteiger partial charge < -0.3 is 5.32 Å². The first-order valence-electron chi connectivity index (χ1n) is 5.84. The third kappa shape index (κ3) is 3.22. The summed E-state index contributed by atoms with van der Waals surface area (Å²) in [5.74, 6) is -0.194. The van der Waals surface area contributed by atoms with Gasteiger partial charge in [0.25, 0.3) is 0 Å². The smallest absolute Gasteiger partial charge is 0.123 e. The van der Waals surface area contributed by atoms with Crippen molar-refractivity contribution in [2.24, 2.45) is 0 Å². The average Bonchev–Trinajstić information content (AvgIpc) is 2.33. The maximum Gasteiger partial charge on any atom is 0.123 e. The minimum Gasteiger partial charge on any atom is -0.378 e. The normalized spacial score (nSPS) is 12.2. The number of aryl methyl sites for hydroxylation is 1. The summed E-state index contributed by atoms with van der Waals surface area (Å²) in [7, 11) is 0. The molecule has 0 aliphatic heterocycles. The third-order valence-corrected chi connectivity index (χ3v) is 3.65. The van der Waals surface area contributed by atoms with Crippen LogP contribution < -0.4 is 5.32 Å². The van der Waals surface area contributed by atoms with Gasteiger partial charge in [-0.3, -0.25) is 0 Å². The summed E-state index contributed by atoms with van der Waals surface area (Å²) >= 11 is 2.29. The van der Waals surface area contributed by atoms with E-state index in [1.807, 2.05) is 6.92 Å². The number of hydrogen-bond donors (Lipinski definition) is 1. The van der Waals surface area contributed by atoms with E-state index in [0.29, 0.717) is 0 Å². The molecule has 94 valence electrons. The van der Waals surface area contributed by atoms with Crippen LogP contribution in [0.4, 0.5) is 10.1 Å². The van der Waals surface area contributed by atoms with E-state index < -0.39 is 0 Å². The van der Waals surface area contributed by atoms with Gasteiger partial charge in [-0.25, -0.2) is 4.39 Å². The molecule has 1 atom stereocenters. The first kappa shape index (κ1) is 13.3. The van der Waals surface area contributed by atoms with Crippen molar-refractivity contribution < 1.29 is 4.39 Å². The minimum atomic E-state index is -0.194. The summed E-state index contributed by atoms with van der Waals surface area (Å²) in [6.07, 6.45) is 0. The SMILES string of the molecule is Cc1cc(F)ccc1NC(C)c1ccc(I)cc1. The van der Waals surface area contributed by atoms with Crippen LogP contribution in [0.25, 0.3) is 0 Å². The number of halogens is 2. The van der Waals surface area contributed by atoms with Crippen molar-refractivity contribution in [2.75, 3.05) is 5.32 Å². The summed E-state index contributed by atoms with van der Waals surface area (Å²) in [4.78, 5) is 0. The monoisotopic (exact) mass is 355 g/mol. The Morgan fingerprint density at radius 3 is 2.39 bits per heavy atom. The van der Waals surface area contributed by atoms with E-state index in [1.54, 1.807) is 12.1 Å². The van der Waals surface area contributed by atoms with Crippen LogP contribution in [0, 0.1) is 16.3 Å². The highest BCUT2D eigenvalue weighted by atomic mass is 127. The molecule has 0 aliphatic carbocycles. The molecule has 1 nitrogen and oxygen atoms in total. The van der Waals surface area contributed by atoms with Gasteiger partial charge >= 0.3 is 0 Å². The number of hydrogen-bond acceptors (Lipinski definition) is 1. The van der Waals surface area contributed by atoms with E-state index in [9.17, 15) is 4.39 Å². The van der Waals surface area contributed by atoms with Crippen LogP contribution in [-0.4, -0.2) is 0 Å². The Morgan fingerprint density at radius 1 is 1.11 bits per heavy atom. The van der Waals surface area contributed by atoms with E-state index in [4.69, 9.17) is 0 Å². The summed E-state index contributed by atoms with van der Waals surface area (Å²) in [6.45, 7) is 4.01. The predicted molar refractivity (Wildman–Crippen MR) is 82.3 cm³/mol. The van der Waals surface area contributed by atoms with Gasteiger partial charge in [0.05, 0.1) is 0 Å². The molecule has 2 aromatic carbocycles. The highest BCUT2D eigenvalue weighted by Crippen LogP contribution is 2.23. The third-order valence-electron chi connectivity index (χ3n) is 2.93. The Balaban J connectivity index is 2.15. The summed E-state index contributed by atoms with van der Waals surface area (Å²) in [5.41, 5.74) is 3.12. The molecule has 2 rings (SSSR count). The number of anilines is 1. The standard InChI is InChI=1S/C15H15FIN/c1-10-9-13(16)5-8-15(10)18-11(2)12-3-6-14(17)7-4-12/h3-9,11,18H,1-2H3. The zero-order chi connectivity index (χ0) is 13.1. The Hall–Kier alpha value is -1.10. The second-order valence-electron chi connectivity index (χ2n) is 4.38. The maximum absolute atomic E-state index is 13.0. The topological polar surface area (TPSA) is 12.0 Å². The minimum absolute atomic E-state index is 0.194. The van der Waals surface area contributed by atoms with E-state index in [0.717, 1.165) is 11.3 Å². The van der Waals surface area contributed by atoms with E-state index >= 15 is 0 Å². The van der Waals surface area contributed by atoms with Crippen molar-refractivity contribution in [3.05, 3.63) is 63.0 Å². The van der Waals surface area contributed by atoms with Gasteiger partial charge in [0.15, 0.2) is 0 Å². The lowest BCUT2D eigenvalue weighted by Gasteiger charge is -2.17. The zero-order valence-corrected chi connectivity index (χ0v) is 12.5. The molecule has 0 radical (unpaired) electrons. The fraction of sp³-hybridized carbons (Fsp3) is 0.200. The Labute approximate surface area is 121 Å². The number of benzene rings is 2. The average molecular weight is 355 g/mol. The quantitative estimate of drug-likeness (QED) is 0.772. The molecule has 0 fully saturated rings. The first-order valence-corrected chi connectivity index (χ1v) is 6.92. The van der Waals surface area contributed by atoms with Crippen LogP contribution in [0.2, 0.25) is 0 Å². The van der Waals surface area contributed by atoms with Gasteiger partial charge in [-0.15, -0.1) is 0 Å². The van der Waals surface area contributed by atoms with Crippen molar-refractivity contribution in [3.8, 4) is 0 Å². The second kappa shape index (κ2) is 5.69. The van der Waals surface area contributed by atoms with Crippen molar-refractivity contribution in [1.82, 2.24) is 0 Å². The van der Waals surface area contributed by atoms with E-state index in [1.165, 1.54) is 15.2 Å². The molecule has 0 bridgehead atoms. The summed E-state index contributed by atoms with van der Waals surface area (Å²) in [5, 5.41) is 3.40. The van der Waals surface area contributed by atoms with Crippen LogP contribution in [0.1, 0.15) is 24.1 Å². The van der Waals surface area contributed by atoms with Crippen LogP contribution in [0.15, 0.2) is 42.5 Å². The van der Waals surface area contributed by atoms with Crippen LogP contribution in [0.5, 0.6) is 0 Å². The molecule has 0 aliphatic rings. The fourth-order valence-corrected chi connectivity index (χ4v) is 2.22. The van der Waals surface area contributed by atoms with Crippen molar-refractivity contribution in [3.63, 3.8) is 0 Å². The second-order valence-corrected chi connectivity index (χ2v) is 5.62. The molecule has 18 heavy (non-hydrogen) atoms. The van der Waals surface area contributed by atoms with Gasteiger partial charge in [-0.05, 0) is 77.9 Å². The predicted octanol–water partition coefficient (Wildman–Crippen LogP) is 4.91. The molecule has 0 spiro atoms. The molecule has 1 unspecified atom stereocenters. The molecular formula is C15H15FIN.